The van der Waals surface area contributed by atoms with Crippen molar-refractivity contribution >= 4 is 10.0 Å². The lowest BCUT2D eigenvalue weighted by Crippen LogP contribution is -2.26. The van der Waals surface area contributed by atoms with Gasteiger partial charge in [-0.2, -0.15) is 0 Å². The first-order chi connectivity index (χ1) is 8.95. The normalized spacial score (nSPS) is 15.9. The van der Waals surface area contributed by atoms with Gasteiger partial charge >= 0.3 is 0 Å². The molecule has 1 aromatic heterocycles. The van der Waals surface area contributed by atoms with Crippen LogP contribution in [0.5, 0.6) is 0 Å². The molecule has 1 aliphatic rings. The van der Waals surface area contributed by atoms with Crippen molar-refractivity contribution in [2.45, 2.75) is 51.0 Å². The second kappa shape index (κ2) is 5.64. The van der Waals surface area contributed by atoms with E-state index in [4.69, 9.17) is 10.2 Å². The molecular formula is C13H22N2O3S. The average molecular weight is 286 g/mol. The Bertz CT molecular complexity index is 544. The van der Waals surface area contributed by atoms with Crippen LogP contribution >= 0.6 is 0 Å². The fraction of sp³-hybridized carbons (Fsp3) is 0.692. The Morgan fingerprint density at radius 3 is 2.58 bits per heavy atom. The van der Waals surface area contributed by atoms with Gasteiger partial charge < -0.3 is 10.2 Å². The van der Waals surface area contributed by atoms with Crippen LogP contribution in [-0.4, -0.2) is 15.0 Å². The van der Waals surface area contributed by atoms with E-state index in [1.54, 1.807) is 13.8 Å². The van der Waals surface area contributed by atoms with Crippen LogP contribution in [0.25, 0.3) is 0 Å². The summed E-state index contributed by atoms with van der Waals surface area (Å²) in [4.78, 5) is 0.221. The third-order valence-corrected chi connectivity index (χ3v) is 5.23. The molecule has 2 rings (SSSR count). The van der Waals surface area contributed by atoms with Crippen molar-refractivity contribution in [2.24, 2.45) is 11.7 Å². The van der Waals surface area contributed by atoms with Crippen LogP contribution < -0.4 is 10.5 Å². The van der Waals surface area contributed by atoms with Crippen molar-refractivity contribution in [3.05, 3.63) is 17.1 Å². The number of nitrogens with two attached hydrogens (primary N) is 1. The summed E-state index contributed by atoms with van der Waals surface area (Å²) in [7, 11) is -3.51. The number of aryl methyl sites for hydroxylation is 2. The van der Waals surface area contributed by atoms with Gasteiger partial charge in [0.15, 0.2) is 0 Å². The molecule has 108 valence electrons. The zero-order valence-electron chi connectivity index (χ0n) is 11.5. The van der Waals surface area contributed by atoms with Gasteiger partial charge in [0.2, 0.25) is 10.0 Å². The fourth-order valence-corrected chi connectivity index (χ4v) is 3.90. The minimum atomic E-state index is -3.51. The summed E-state index contributed by atoms with van der Waals surface area (Å²) in [6.07, 6.45) is 4.58. The van der Waals surface area contributed by atoms with Gasteiger partial charge in [0, 0.05) is 18.7 Å². The Balaban J connectivity index is 2.05. The molecule has 1 aliphatic carbocycles. The summed E-state index contributed by atoms with van der Waals surface area (Å²) >= 11 is 0. The number of furan rings is 1. The molecule has 1 saturated carbocycles. The number of rotatable bonds is 7. The van der Waals surface area contributed by atoms with Gasteiger partial charge in [-0.15, -0.1) is 0 Å². The topological polar surface area (TPSA) is 85.3 Å². The third-order valence-electron chi connectivity index (χ3n) is 3.58. The van der Waals surface area contributed by atoms with Gasteiger partial charge in [0.05, 0.1) is 0 Å². The SMILES string of the molecule is Cc1oc(C)c(S(=O)(=O)NCCCC2CC2)c1CN. The third kappa shape index (κ3) is 3.38. The van der Waals surface area contributed by atoms with Gasteiger partial charge in [0.1, 0.15) is 16.4 Å². The minimum Gasteiger partial charge on any atom is -0.465 e. The first-order valence-electron chi connectivity index (χ1n) is 6.74. The quantitative estimate of drug-likeness (QED) is 0.749. The predicted molar refractivity (Wildman–Crippen MR) is 73.2 cm³/mol. The van der Waals surface area contributed by atoms with E-state index in [0.29, 0.717) is 23.6 Å². The Kier molecular flexibility index (Phi) is 4.32. The first-order valence-corrected chi connectivity index (χ1v) is 8.22. The van der Waals surface area contributed by atoms with E-state index in [9.17, 15) is 8.42 Å². The molecule has 0 aromatic carbocycles. The zero-order chi connectivity index (χ0) is 14.0. The Labute approximate surface area is 114 Å². The molecule has 19 heavy (non-hydrogen) atoms. The van der Waals surface area contributed by atoms with E-state index in [0.717, 1.165) is 18.8 Å². The molecule has 6 heteroatoms. The summed E-state index contributed by atoms with van der Waals surface area (Å²) < 4.78 is 32.6. The maximum atomic E-state index is 12.3. The minimum absolute atomic E-state index is 0.168. The standard InChI is InChI=1S/C13H22N2O3S/c1-9-12(8-14)13(10(2)18-9)19(16,17)15-7-3-4-11-5-6-11/h11,15H,3-8,14H2,1-2H3. The highest BCUT2D eigenvalue weighted by Gasteiger charge is 2.26. The van der Waals surface area contributed by atoms with Crippen molar-refractivity contribution in [2.75, 3.05) is 6.54 Å². The van der Waals surface area contributed by atoms with Crippen molar-refractivity contribution in [1.29, 1.82) is 0 Å². The molecule has 0 bridgehead atoms. The largest absolute Gasteiger partial charge is 0.465 e. The molecule has 0 aliphatic heterocycles. The van der Waals surface area contributed by atoms with Crippen LogP contribution in [0.15, 0.2) is 9.31 Å². The molecule has 0 atom stereocenters. The maximum Gasteiger partial charge on any atom is 0.244 e. The molecule has 0 spiro atoms. The Morgan fingerprint density at radius 2 is 2.00 bits per heavy atom. The molecule has 5 nitrogen and oxygen atoms in total. The lowest BCUT2D eigenvalue weighted by molar-refractivity contribution is 0.494. The molecule has 1 heterocycles. The molecule has 1 aromatic rings. The van der Waals surface area contributed by atoms with Crippen molar-refractivity contribution in [3.63, 3.8) is 0 Å². The highest BCUT2D eigenvalue weighted by atomic mass is 32.2. The second-order valence-electron chi connectivity index (χ2n) is 5.21. The number of hydrogen-bond acceptors (Lipinski definition) is 4. The van der Waals surface area contributed by atoms with E-state index >= 15 is 0 Å². The van der Waals surface area contributed by atoms with E-state index < -0.39 is 10.0 Å². The average Bonchev–Trinajstić information content (AvgIpc) is 3.09. The van der Waals surface area contributed by atoms with Gasteiger partial charge in [-0.05, 0) is 32.6 Å². The number of hydrogen-bond donors (Lipinski definition) is 2. The lowest BCUT2D eigenvalue weighted by atomic mass is 10.2. The van der Waals surface area contributed by atoms with Gasteiger partial charge in [-0.1, -0.05) is 12.8 Å². The second-order valence-corrected chi connectivity index (χ2v) is 6.91. The van der Waals surface area contributed by atoms with Crippen LogP contribution in [0.1, 0.15) is 42.8 Å². The Hall–Kier alpha value is -0.850. The number of nitrogens with one attached hydrogen (secondary N) is 1. The molecule has 0 unspecified atom stereocenters. The first kappa shape index (κ1) is 14.6. The molecule has 0 saturated heterocycles. The lowest BCUT2D eigenvalue weighted by Gasteiger charge is -2.07. The monoisotopic (exact) mass is 286 g/mol. The molecule has 3 N–H and O–H groups in total. The van der Waals surface area contributed by atoms with Crippen molar-refractivity contribution < 1.29 is 12.8 Å². The van der Waals surface area contributed by atoms with Crippen LogP contribution in [0, 0.1) is 19.8 Å². The summed E-state index contributed by atoms with van der Waals surface area (Å²) in [5, 5.41) is 0. The van der Waals surface area contributed by atoms with Crippen LogP contribution in [-0.2, 0) is 16.6 Å². The predicted octanol–water partition coefficient (Wildman–Crippen LogP) is 1.82. The molecule has 0 radical (unpaired) electrons. The maximum absolute atomic E-state index is 12.3. The molecule has 1 fully saturated rings. The van der Waals surface area contributed by atoms with E-state index in [1.165, 1.54) is 12.8 Å². The summed E-state index contributed by atoms with van der Waals surface area (Å²) in [5.41, 5.74) is 6.19. The van der Waals surface area contributed by atoms with Gasteiger partial charge in [0.25, 0.3) is 0 Å². The number of sulfonamides is 1. The van der Waals surface area contributed by atoms with Crippen molar-refractivity contribution in [3.8, 4) is 0 Å². The van der Waals surface area contributed by atoms with Crippen LogP contribution in [0.2, 0.25) is 0 Å². The molecule has 0 amide bonds. The van der Waals surface area contributed by atoms with Gasteiger partial charge in [-0.3, -0.25) is 0 Å². The van der Waals surface area contributed by atoms with Crippen LogP contribution in [0.4, 0.5) is 0 Å². The van der Waals surface area contributed by atoms with E-state index in [-0.39, 0.29) is 11.4 Å². The van der Waals surface area contributed by atoms with Gasteiger partial charge in [-0.25, -0.2) is 13.1 Å². The van der Waals surface area contributed by atoms with Crippen LogP contribution in [0.3, 0.4) is 0 Å². The summed E-state index contributed by atoms with van der Waals surface area (Å²) in [6, 6.07) is 0. The van der Waals surface area contributed by atoms with Crippen molar-refractivity contribution in [1.82, 2.24) is 4.72 Å². The Morgan fingerprint density at radius 1 is 1.32 bits per heavy atom. The fourth-order valence-electron chi connectivity index (χ4n) is 2.37. The molecular weight excluding hydrogens is 264 g/mol. The van der Waals surface area contributed by atoms with E-state index in [1.807, 2.05) is 0 Å². The highest BCUT2D eigenvalue weighted by Crippen LogP contribution is 2.33. The van der Waals surface area contributed by atoms with E-state index in [2.05, 4.69) is 4.72 Å². The smallest absolute Gasteiger partial charge is 0.244 e. The summed E-state index contributed by atoms with van der Waals surface area (Å²) in [5.74, 6) is 1.81. The summed E-state index contributed by atoms with van der Waals surface area (Å²) in [6.45, 7) is 4.04. The highest BCUT2D eigenvalue weighted by molar-refractivity contribution is 7.89. The zero-order valence-corrected chi connectivity index (χ0v) is 12.3.